The Kier molecular flexibility index (Phi) is 5.61. The molecule has 5 nitrogen and oxygen atoms in total. The molecule has 0 saturated carbocycles. The number of nitrogens with zero attached hydrogens (tertiary/aromatic N) is 1. The normalized spacial score (nSPS) is 12.9. The number of aromatic nitrogens is 1. The Morgan fingerprint density at radius 3 is 2.54 bits per heavy atom. The SMILES string of the molecule is CCOC(=O)c1noc(COC(c2ccccc2)C(F)(F)F)c1C. The number of ether oxygens (including phenoxy) is 2. The number of benzene rings is 1. The molecule has 1 aromatic heterocycles. The zero-order chi connectivity index (χ0) is 17.7. The van der Waals surface area contributed by atoms with Crippen LogP contribution in [0.5, 0.6) is 0 Å². The van der Waals surface area contributed by atoms with Crippen molar-refractivity contribution in [3.63, 3.8) is 0 Å². The maximum atomic E-state index is 13.2. The predicted molar refractivity (Wildman–Crippen MR) is 77.2 cm³/mol. The van der Waals surface area contributed by atoms with Gasteiger partial charge >= 0.3 is 12.1 Å². The maximum Gasteiger partial charge on any atom is 0.418 e. The van der Waals surface area contributed by atoms with Crippen molar-refractivity contribution >= 4 is 5.97 Å². The highest BCUT2D eigenvalue weighted by molar-refractivity contribution is 5.88. The van der Waals surface area contributed by atoms with Crippen LogP contribution in [-0.4, -0.2) is 23.9 Å². The number of rotatable bonds is 6. The predicted octanol–water partition coefficient (Wildman–Crippen LogP) is 3.98. The largest absolute Gasteiger partial charge is 0.461 e. The second-order valence-electron chi connectivity index (χ2n) is 4.94. The van der Waals surface area contributed by atoms with Gasteiger partial charge in [0.15, 0.2) is 17.6 Å². The van der Waals surface area contributed by atoms with E-state index in [0.29, 0.717) is 5.56 Å². The lowest BCUT2D eigenvalue weighted by molar-refractivity contribution is -0.228. The highest BCUT2D eigenvalue weighted by Crippen LogP contribution is 2.36. The third-order valence-corrected chi connectivity index (χ3v) is 3.27. The first kappa shape index (κ1) is 18.0. The Morgan fingerprint density at radius 2 is 1.96 bits per heavy atom. The molecule has 1 unspecified atom stereocenters. The topological polar surface area (TPSA) is 61.6 Å². The van der Waals surface area contributed by atoms with Gasteiger partial charge in [0.25, 0.3) is 0 Å². The molecular weight excluding hydrogens is 327 g/mol. The monoisotopic (exact) mass is 343 g/mol. The minimum Gasteiger partial charge on any atom is -0.461 e. The van der Waals surface area contributed by atoms with Gasteiger partial charge in [0.2, 0.25) is 0 Å². The van der Waals surface area contributed by atoms with Crippen molar-refractivity contribution in [2.24, 2.45) is 0 Å². The minimum atomic E-state index is -4.58. The third kappa shape index (κ3) is 4.14. The molecule has 0 radical (unpaired) electrons. The summed E-state index contributed by atoms with van der Waals surface area (Å²) in [6.45, 7) is 2.82. The molecule has 0 aliphatic carbocycles. The zero-order valence-corrected chi connectivity index (χ0v) is 13.1. The van der Waals surface area contributed by atoms with Gasteiger partial charge in [0.1, 0.15) is 6.61 Å². The lowest BCUT2D eigenvalue weighted by atomic mass is 10.1. The van der Waals surface area contributed by atoms with E-state index in [-0.39, 0.29) is 23.6 Å². The molecule has 0 saturated heterocycles. The van der Waals surface area contributed by atoms with Crippen LogP contribution in [0.2, 0.25) is 0 Å². The summed E-state index contributed by atoms with van der Waals surface area (Å²) >= 11 is 0. The summed E-state index contributed by atoms with van der Waals surface area (Å²) < 4.78 is 54.3. The lowest BCUT2D eigenvalue weighted by Gasteiger charge is -2.20. The smallest absolute Gasteiger partial charge is 0.418 e. The first-order valence-corrected chi connectivity index (χ1v) is 7.20. The maximum absolute atomic E-state index is 13.2. The fourth-order valence-corrected chi connectivity index (χ4v) is 2.06. The van der Waals surface area contributed by atoms with Gasteiger partial charge in [-0.2, -0.15) is 13.2 Å². The summed E-state index contributed by atoms with van der Waals surface area (Å²) in [5, 5.41) is 3.54. The third-order valence-electron chi connectivity index (χ3n) is 3.27. The highest BCUT2D eigenvalue weighted by atomic mass is 19.4. The Balaban J connectivity index is 2.15. The van der Waals surface area contributed by atoms with E-state index in [1.54, 1.807) is 13.0 Å². The fourth-order valence-electron chi connectivity index (χ4n) is 2.06. The molecule has 0 amide bonds. The Morgan fingerprint density at radius 1 is 1.29 bits per heavy atom. The van der Waals surface area contributed by atoms with E-state index in [1.807, 2.05) is 0 Å². The van der Waals surface area contributed by atoms with Crippen LogP contribution in [0.25, 0.3) is 0 Å². The molecule has 0 aliphatic rings. The van der Waals surface area contributed by atoms with E-state index in [9.17, 15) is 18.0 Å². The summed E-state index contributed by atoms with van der Waals surface area (Å²) in [6.07, 6.45) is -6.69. The number of carbonyl (C=O) groups excluding carboxylic acids is 1. The van der Waals surface area contributed by atoms with Crippen molar-refractivity contribution in [2.75, 3.05) is 6.61 Å². The van der Waals surface area contributed by atoms with Crippen molar-refractivity contribution in [1.82, 2.24) is 5.16 Å². The van der Waals surface area contributed by atoms with Crippen molar-refractivity contribution in [3.05, 3.63) is 52.9 Å². The Hall–Kier alpha value is -2.35. The standard InChI is InChI=1S/C16H16F3NO4/c1-3-22-15(21)13-10(2)12(24-20-13)9-23-14(16(17,18)19)11-7-5-4-6-8-11/h4-8,14H,3,9H2,1-2H3. The van der Waals surface area contributed by atoms with Gasteiger partial charge in [0, 0.05) is 5.56 Å². The number of halogens is 3. The van der Waals surface area contributed by atoms with Crippen LogP contribution in [0.4, 0.5) is 13.2 Å². The summed E-state index contributed by atoms with van der Waals surface area (Å²) in [4.78, 5) is 11.6. The first-order chi connectivity index (χ1) is 11.3. The summed E-state index contributed by atoms with van der Waals surface area (Å²) in [7, 11) is 0. The first-order valence-electron chi connectivity index (χ1n) is 7.20. The molecule has 1 aromatic carbocycles. The molecule has 0 spiro atoms. The van der Waals surface area contributed by atoms with E-state index in [0.717, 1.165) is 0 Å². The number of hydrogen-bond acceptors (Lipinski definition) is 5. The molecule has 130 valence electrons. The van der Waals surface area contributed by atoms with Crippen LogP contribution in [0.3, 0.4) is 0 Å². The second kappa shape index (κ2) is 7.48. The average molecular weight is 343 g/mol. The minimum absolute atomic E-state index is 0.0206. The molecule has 24 heavy (non-hydrogen) atoms. The van der Waals surface area contributed by atoms with Crippen LogP contribution in [0.1, 0.15) is 40.4 Å². The molecule has 0 bridgehead atoms. The van der Waals surface area contributed by atoms with E-state index in [2.05, 4.69) is 5.16 Å². The van der Waals surface area contributed by atoms with Gasteiger partial charge in [0.05, 0.1) is 6.61 Å². The quantitative estimate of drug-likeness (QED) is 0.743. The average Bonchev–Trinajstić information content (AvgIpc) is 2.89. The van der Waals surface area contributed by atoms with Gasteiger partial charge < -0.3 is 14.0 Å². The molecule has 2 aromatic rings. The summed E-state index contributed by atoms with van der Waals surface area (Å²) in [5.74, 6) is -0.649. The van der Waals surface area contributed by atoms with Gasteiger partial charge in [-0.05, 0) is 19.4 Å². The molecule has 1 heterocycles. The van der Waals surface area contributed by atoms with E-state index >= 15 is 0 Å². The molecule has 2 rings (SSSR count). The van der Waals surface area contributed by atoms with Gasteiger partial charge in [-0.3, -0.25) is 0 Å². The molecule has 8 heteroatoms. The van der Waals surface area contributed by atoms with E-state index < -0.39 is 24.9 Å². The number of carbonyl (C=O) groups is 1. The number of alkyl halides is 3. The van der Waals surface area contributed by atoms with Gasteiger partial charge in [-0.25, -0.2) is 4.79 Å². The van der Waals surface area contributed by atoms with Crippen molar-refractivity contribution in [3.8, 4) is 0 Å². The molecular formula is C16H16F3NO4. The summed E-state index contributed by atoms with van der Waals surface area (Å²) in [5.41, 5.74) is 0.203. The van der Waals surface area contributed by atoms with Crippen molar-refractivity contribution in [1.29, 1.82) is 0 Å². The number of esters is 1. The highest BCUT2D eigenvalue weighted by Gasteiger charge is 2.42. The zero-order valence-electron chi connectivity index (χ0n) is 13.1. The molecule has 0 aliphatic heterocycles. The van der Waals surface area contributed by atoms with Crippen LogP contribution in [0, 0.1) is 6.92 Å². The van der Waals surface area contributed by atoms with Gasteiger partial charge in [-0.1, -0.05) is 35.5 Å². The Labute approximate surface area is 136 Å². The second-order valence-corrected chi connectivity index (χ2v) is 4.94. The Bertz CT molecular complexity index is 682. The molecule has 0 fully saturated rings. The molecule has 0 N–H and O–H groups in total. The van der Waals surface area contributed by atoms with Crippen LogP contribution in [0.15, 0.2) is 34.9 Å². The number of hydrogen-bond donors (Lipinski definition) is 0. The van der Waals surface area contributed by atoms with Crippen molar-refractivity contribution < 1.29 is 32.0 Å². The van der Waals surface area contributed by atoms with Gasteiger partial charge in [-0.15, -0.1) is 0 Å². The molecule has 1 atom stereocenters. The summed E-state index contributed by atoms with van der Waals surface area (Å²) in [6, 6.07) is 7.26. The van der Waals surface area contributed by atoms with Crippen molar-refractivity contribution in [2.45, 2.75) is 32.7 Å². The lowest BCUT2D eigenvalue weighted by Crippen LogP contribution is -2.23. The van der Waals surface area contributed by atoms with Crippen LogP contribution in [-0.2, 0) is 16.1 Å². The van der Waals surface area contributed by atoms with Crippen LogP contribution >= 0.6 is 0 Å². The van der Waals surface area contributed by atoms with E-state index in [1.165, 1.54) is 31.2 Å². The fraction of sp³-hybridized carbons (Fsp3) is 0.375. The van der Waals surface area contributed by atoms with Crippen LogP contribution < -0.4 is 0 Å². The van der Waals surface area contributed by atoms with E-state index in [4.69, 9.17) is 14.0 Å².